The van der Waals surface area contributed by atoms with E-state index in [1.165, 1.54) is 6.26 Å². The van der Waals surface area contributed by atoms with Crippen LogP contribution in [-0.2, 0) is 15.3 Å². The summed E-state index contributed by atoms with van der Waals surface area (Å²) in [6.45, 7) is 5.15. The number of rotatable bonds is 5. The van der Waals surface area contributed by atoms with Crippen LogP contribution in [0.2, 0.25) is 0 Å². The van der Waals surface area contributed by atoms with Gasteiger partial charge in [0.1, 0.15) is 6.26 Å². The van der Waals surface area contributed by atoms with Crippen LogP contribution in [0.3, 0.4) is 0 Å². The lowest BCUT2D eigenvalue weighted by atomic mass is 9.95. The molecule has 0 spiro atoms. The molecule has 36 heavy (non-hydrogen) atoms. The number of anilines is 1. The van der Waals surface area contributed by atoms with Crippen LogP contribution in [0.5, 0.6) is 0 Å². The number of aryl methyl sites for hydroxylation is 1. The minimum Gasteiger partial charge on any atom is -0.444 e. The fourth-order valence-corrected chi connectivity index (χ4v) is 5.94. The van der Waals surface area contributed by atoms with Gasteiger partial charge in [-0.25, -0.2) is 9.19 Å². The van der Waals surface area contributed by atoms with Crippen LogP contribution in [-0.4, -0.2) is 46.5 Å². The minimum atomic E-state index is -2.48. The average Bonchev–Trinajstić information content (AvgIpc) is 3.45. The first-order valence-electron chi connectivity index (χ1n) is 11.7. The molecule has 1 amide bonds. The number of carbonyl (C=O) groups excluding carboxylic acids is 1. The Morgan fingerprint density at radius 1 is 1.28 bits per heavy atom. The number of oxazole rings is 1. The van der Waals surface area contributed by atoms with Crippen LogP contribution in [0.1, 0.15) is 54.5 Å². The van der Waals surface area contributed by atoms with Crippen molar-refractivity contribution in [1.82, 2.24) is 19.7 Å². The number of pyridine rings is 1. The Morgan fingerprint density at radius 2 is 2.03 bits per heavy atom. The van der Waals surface area contributed by atoms with Crippen LogP contribution in [0, 0.1) is 11.7 Å². The van der Waals surface area contributed by atoms with Gasteiger partial charge in [-0.3, -0.25) is 19.2 Å². The number of nitrogens with one attached hydrogen (secondary N) is 2. The molecule has 0 unspecified atom stereocenters. The van der Waals surface area contributed by atoms with Gasteiger partial charge < -0.3 is 14.8 Å². The normalized spacial score (nSPS) is 20.5. The summed E-state index contributed by atoms with van der Waals surface area (Å²) in [7, 11) is -2.48. The molecule has 0 atom stereocenters. The molecule has 0 aliphatic carbocycles. The zero-order valence-corrected chi connectivity index (χ0v) is 21.1. The summed E-state index contributed by atoms with van der Waals surface area (Å²) in [6.07, 6.45) is 6.10. The predicted molar refractivity (Wildman–Crippen MR) is 136 cm³/mol. The summed E-state index contributed by atoms with van der Waals surface area (Å²) >= 11 is 0. The van der Waals surface area contributed by atoms with E-state index in [0.29, 0.717) is 47.0 Å². The van der Waals surface area contributed by atoms with Crippen molar-refractivity contribution in [3.63, 3.8) is 0 Å². The highest BCUT2D eigenvalue weighted by Crippen LogP contribution is 2.34. The fraction of sp³-hybridized carbons (Fsp3) is 0.360. The maximum Gasteiger partial charge on any atom is 0.277 e. The lowest BCUT2D eigenvalue weighted by Gasteiger charge is -2.23. The fourth-order valence-electron chi connectivity index (χ4n) is 4.43. The highest BCUT2D eigenvalue weighted by Gasteiger charge is 2.26. The molecule has 0 saturated carbocycles. The van der Waals surface area contributed by atoms with Crippen molar-refractivity contribution in [1.29, 1.82) is 4.78 Å². The van der Waals surface area contributed by atoms with E-state index in [1.807, 2.05) is 23.9 Å². The van der Waals surface area contributed by atoms with E-state index in [1.54, 1.807) is 38.2 Å². The van der Waals surface area contributed by atoms with Crippen molar-refractivity contribution >= 4 is 32.2 Å². The highest BCUT2D eigenvalue weighted by atomic mass is 32.2. The Labute approximate surface area is 208 Å². The summed E-state index contributed by atoms with van der Waals surface area (Å²) in [5.74, 6) is 0.575. The Bertz CT molecular complexity index is 1550. The Morgan fingerprint density at radius 3 is 2.72 bits per heavy atom. The molecule has 0 bridgehead atoms. The number of carbonyl (C=O) groups is 1. The van der Waals surface area contributed by atoms with Crippen molar-refractivity contribution < 1.29 is 18.5 Å². The summed E-state index contributed by atoms with van der Waals surface area (Å²) < 4.78 is 27.2. The molecular formula is C25H28N6O4S. The summed E-state index contributed by atoms with van der Waals surface area (Å²) in [5.41, 5.74) is 2.03. The highest BCUT2D eigenvalue weighted by molar-refractivity contribution is 7.92. The molecule has 10 nitrogen and oxygen atoms in total. The average molecular weight is 509 g/mol. The number of hydrogen-bond acceptors (Lipinski definition) is 8. The summed E-state index contributed by atoms with van der Waals surface area (Å²) in [5, 5.41) is 19.2. The maximum absolute atomic E-state index is 13.1. The van der Waals surface area contributed by atoms with E-state index in [4.69, 9.17) is 9.20 Å². The summed E-state index contributed by atoms with van der Waals surface area (Å²) in [6, 6.07) is 7.19. The second-order valence-corrected chi connectivity index (χ2v) is 12.2. The molecule has 1 aromatic carbocycles. The van der Waals surface area contributed by atoms with Gasteiger partial charge in [-0.15, -0.1) is 0 Å². The van der Waals surface area contributed by atoms with E-state index in [9.17, 15) is 14.1 Å². The number of benzene rings is 1. The number of amides is 1. The second-order valence-electron chi connectivity index (χ2n) is 9.75. The van der Waals surface area contributed by atoms with Gasteiger partial charge in [0.15, 0.2) is 5.69 Å². The van der Waals surface area contributed by atoms with E-state index in [0.717, 1.165) is 16.6 Å². The van der Waals surface area contributed by atoms with Gasteiger partial charge in [-0.1, -0.05) is 0 Å². The first-order valence-corrected chi connectivity index (χ1v) is 13.6. The van der Waals surface area contributed by atoms with Gasteiger partial charge in [0.2, 0.25) is 5.89 Å². The third-order valence-corrected chi connectivity index (χ3v) is 8.18. The smallest absolute Gasteiger partial charge is 0.277 e. The molecule has 11 heteroatoms. The van der Waals surface area contributed by atoms with Gasteiger partial charge in [0.25, 0.3) is 5.91 Å². The monoisotopic (exact) mass is 508 g/mol. The molecule has 1 aliphatic rings. The zero-order chi connectivity index (χ0) is 25.7. The van der Waals surface area contributed by atoms with Crippen LogP contribution in [0.15, 0.2) is 47.3 Å². The number of hydrogen-bond donors (Lipinski definition) is 3. The van der Waals surface area contributed by atoms with Crippen LogP contribution >= 0.6 is 0 Å². The van der Waals surface area contributed by atoms with E-state index >= 15 is 0 Å². The second kappa shape index (κ2) is 8.82. The first-order chi connectivity index (χ1) is 17.0. The zero-order valence-electron chi connectivity index (χ0n) is 20.3. The number of fused-ring (bicyclic) bond motifs is 1. The third kappa shape index (κ3) is 4.89. The van der Waals surface area contributed by atoms with E-state index in [2.05, 4.69) is 20.4 Å². The van der Waals surface area contributed by atoms with Crippen molar-refractivity contribution in [2.75, 3.05) is 16.8 Å². The molecule has 0 radical (unpaired) electrons. The third-order valence-electron chi connectivity index (χ3n) is 6.38. The molecule has 4 heterocycles. The molecule has 1 aliphatic heterocycles. The van der Waals surface area contributed by atoms with E-state index < -0.39 is 21.2 Å². The molecule has 3 aromatic heterocycles. The Hall–Kier alpha value is -3.57. The lowest BCUT2D eigenvalue weighted by Crippen LogP contribution is -2.24. The first kappa shape index (κ1) is 24.1. The van der Waals surface area contributed by atoms with Crippen LogP contribution < -0.4 is 5.32 Å². The summed E-state index contributed by atoms with van der Waals surface area (Å²) in [4.78, 5) is 21.5. The quantitative estimate of drug-likeness (QED) is 0.365. The molecule has 5 rings (SSSR count). The van der Waals surface area contributed by atoms with Crippen molar-refractivity contribution in [2.24, 2.45) is 0 Å². The van der Waals surface area contributed by atoms with Gasteiger partial charge in [0.05, 0.1) is 17.2 Å². The largest absolute Gasteiger partial charge is 0.444 e. The lowest BCUT2D eigenvalue weighted by molar-refractivity contribution is 0.0793. The Kier molecular flexibility index (Phi) is 5.92. The molecule has 3 N–H and O–H groups in total. The standard InChI is InChI=1S/C25H28N6O4S/c1-15-10-16(4-7-27-15)24-29-22(14-35-24)23(32)28-21-11-17-13-31(18-5-8-36(26,34)9-6-18)30-20(17)12-19(21)25(2,3)33/h4,7,10-14,18,26,33H,5-6,8-9H2,1-3H3,(H,28,32). The molecule has 1 saturated heterocycles. The van der Waals surface area contributed by atoms with Gasteiger partial charge in [-0.05, 0) is 57.9 Å². The molecule has 188 valence electrons. The number of aromatic nitrogens is 4. The number of nitrogens with zero attached hydrogens (tertiary/aromatic N) is 4. The minimum absolute atomic E-state index is 0.0614. The van der Waals surface area contributed by atoms with Gasteiger partial charge in [-0.2, -0.15) is 5.10 Å². The molecule has 1 fully saturated rings. The Balaban J connectivity index is 1.44. The molecule has 4 aromatic rings. The molecular weight excluding hydrogens is 480 g/mol. The van der Waals surface area contributed by atoms with E-state index in [-0.39, 0.29) is 11.7 Å². The van der Waals surface area contributed by atoms with Gasteiger partial charge in [0, 0.05) is 61.5 Å². The van der Waals surface area contributed by atoms with Crippen molar-refractivity contribution in [3.8, 4) is 11.5 Å². The predicted octanol–water partition coefficient (Wildman–Crippen LogP) is 4.26. The van der Waals surface area contributed by atoms with Crippen molar-refractivity contribution in [2.45, 2.75) is 45.3 Å². The number of aliphatic hydroxyl groups is 1. The van der Waals surface area contributed by atoms with Crippen molar-refractivity contribution in [3.05, 3.63) is 59.9 Å². The maximum atomic E-state index is 13.1. The topological polar surface area (TPSA) is 147 Å². The van der Waals surface area contributed by atoms with Gasteiger partial charge >= 0.3 is 0 Å². The van der Waals surface area contributed by atoms with Crippen LogP contribution in [0.4, 0.5) is 5.69 Å². The van der Waals surface area contributed by atoms with Crippen LogP contribution in [0.25, 0.3) is 22.4 Å². The SMILES string of the molecule is Cc1cc(-c2nc(C(=O)Nc3cc4cn(C5CCS(=N)(=O)CC5)nc4cc3C(C)(C)O)co2)ccn1.